The van der Waals surface area contributed by atoms with Crippen LogP contribution >= 0.6 is 11.6 Å². The molecule has 13 aromatic rings. The SMILES string of the molecule is Cc1nc2c(N=Nc3ccccn3)ccc(O)c2cc1C(=O)O.O=C(O)c1cc2c(O)ccc(N=Nc3ccccn3)c2[nH]c1=O.O=C(O)c1cc2c(O)ccc(N=Nc3ccccn3)c2nc1C(=O)O.O=C(O)c1ccc(N=Nc2ccc(O)c3c(-c4ccccc4)cc(Cl)nc23)nc1. The van der Waals surface area contributed by atoms with Crippen molar-refractivity contribution in [1.29, 1.82) is 0 Å². The summed E-state index contributed by atoms with van der Waals surface area (Å²) in [4.78, 5) is 98.3. The van der Waals surface area contributed by atoms with Gasteiger partial charge in [0, 0.05) is 40.9 Å². The van der Waals surface area contributed by atoms with Crippen molar-refractivity contribution in [2.45, 2.75) is 6.92 Å². The molecule has 0 atom stereocenters. The monoisotopic (exact) mass is 1360 g/mol. The first-order valence-corrected chi connectivity index (χ1v) is 29.1. The van der Waals surface area contributed by atoms with Gasteiger partial charge in [-0.3, -0.25) is 4.79 Å². The first-order chi connectivity index (χ1) is 48.1. The molecule has 31 nitrogen and oxygen atoms in total. The molecule has 8 aromatic heterocycles. The van der Waals surface area contributed by atoms with Crippen LogP contribution in [-0.4, -0.2) is 116 Å². The first-order valence-electron chi connectivity index (χ1n) is 28.7. The predicted octanol–water partition coefficient (Wildman–Crippen LogP) is 15.4. The molecule has 0 bridgehead atoms. The lowest BCUT2D eigenvalue weighted by molar-refractivity contribution is 0.0647. The molecule has 0 fully saturated rings. The Balaban J connectivity index is 0.000000145. The largest absolute Gasteiger partial charge is 0.507 e. The topological polar surface area (TPSA) is 489 Å². The van der Waals surface area contributed by atoms with E-state index in [1.54, 1.807) is 92.1 Å². The highest BCUT2D eigenvalue weighted by molar-refractivity contribution is 6.30. The fraction of sp³-hybridized carbons (Fsp3) is 0.0147. The smallest absolute Gasteiger partial charge is 0.355 e. The van der Waals surface area contributed by atoms with Gasteiger partial charge in [-0.2, -0.15) is 0 Å². The molecular weight excluding hydrogens is 1320 g/mol. The number of nitrogens with one attached hydrogen (secondary N) is 1. The summed E-state index contributed by atoms with van der Waals surface area (Å²) in [5, 5.41) is 119. The highest BCUT2D eigenvalue weighted by Gasteiger charge is 2.23. The van der Waals surface area contributed by atoms with Gasteiger partial charge in [0.2, 0.25) is 0 Å². The van der Waals surface area contributed by atoms with Crippen molar-refractivity contribution in [2.24, 2.45) is 40.9 Å². The van der Waals surface area contributed by atoms with Gasteiger partial charge in [0.1, 0.15) is 73.0 Å². The van der Waals surface area contributed by atoms with Crippen molar-refractivity contribution in [1.82, 2.24) is 39.9 Å². The minimum absolute atomic E-state index is 0.0158. The number of phenolic OH excluding ortho intramolecular Hbond substituents is 4. The summed E-state index contributed by atoms with van der Waals surface area (Å²) in [6.07, 6.45) is 5.90. The van der Waals surface area contributed by atoms with Crippen LogP contribution in [0.15, 0.2) is 240 Å². The van der Waals surface area contributed by atoms with Crippen molar-refractivity contribution >= 4 is 131 Å². The first kappa shape index (κ1) is 68.2. The van der Waals surface area contributed by atoms with Crippen LogP contribution in [0.2, 0.25) is 5.15 Å². The highest BCUT2D eigenvalue weighted by atomic mass is 35.5. The van der Waals surface area contributed by atoms with Gasteiger partial charge >= 0.3 is 29.8 Å². The minimum Gasteiger partial charge on any atom is -0.507 e. The number of carboxylic acid groups (broad SMARTS) is 5. The zero-order valence-corrected chi connectivity index (χ0v) is 51.8. The average Bonchev–Trinajstić information content (AvgIpc) is 0.790. The number of hydrogen-bond donors (Lipinski definition) is 10. The van der Waals surface area contributed by atoms with E-state index in [9.17, 15) is 54.3 Å². The number of nitrogens with zero attached hydrogens (tertiary/aromatic N) is 15. The Morgan fingerprint density at radius 1 is 0.410 bits per heavy atom. The van der Waals surface area contributed by atoms with E-state index in [1.807, 2.05) is 30.3 Å². The third-order valence-corrected chi connectivity index (χ3v) is 14.1. The summed E-state index contributed by atoms with van der Waals surface area (Å²) in [6.45, 7) is 1.59. The van der Waals surface area contributed by atoms with Crippen LogP contribution in [-0.2, 0) is 0 Å². The zero-order chi connectivity index (χ0) is 71.1. The standard InChI is InChI=1S/C21H13ClN4O3.C16H10N4O5.C16H12N4O3.C15H10N4O4/c22-17-10-14(12-4-2-1-3-5-12)19-16(27)8-7-15(20(19)24-17)25-26-18-9-6-13(11-23-18)21(28)29;21-11-5-4-10(19-20-12-3-1-2-6-17-12)13-8(11)7-9(15(22)23)14(18-13)16(24)25;1-9-10(16(22)23)8-11-13(21)6-5-12(15(11)18-9)19-20-14-4-2-3-7-17-14;20-11-5-4-10(18-19-12-3-1-2-6-16-12)13-8(11)7-9(15(22)23)14(21)17-13/h1-11,27H,(H,28,29);1-7,21H,(H,22,23)(H,24,25);2-8,21H,1H3,(H,22,23);1-7,20H,(H,17,21)(H,22,23). The summed E-state index contributed by atoms with van der Waals surface area (Å²) < 4.78 is 0. The number of H-pyrrole nitrogens is 1. The van der Waals surface area contributed by atoms with Crippen LogP contribution in [0.25, 0.3) is 54.7 Å². The van der Waals surface area contributed by atoms with Gasteiger partial charge in [-0.25, -0.2) is 58.9 Å². The quantitative estimate of drug-likeness (QED) is 0.0357. The molecule has 0 aliphatic rings. The fourth-order valence-corrected chi connectivity index (χ4v) is 9.39. The molecule has 494 valence electrons. The van der Waals surface area contributed by atoms with E-state index in [0.717, 1.165) is 23.3 Å². The lowest BCUT2D eigenvalue weighted by atomic mass is 10.00. The average molecular weight is 1360 g/mol. The van der Waals surface area contributed by atoms with Gasteiger partial charge in [-0.1, -0.05) is 60.1 Å². The molecule has 0 radical (unpaired) electrons. The fourth-order valence-electron chi connectivity index (χ4n) is 9.20. The van der Waals surface area contributed by atoms with Crippen LogP contribution < -0.4 is 5.56 Å². The number of benzene rings is 5. The Hall–Kier alpha value is -14.6. The molecule has 0 aliphatic carbocycles. The van der Waals surface area contributed by atoms with E-state index in [2.05, 4.69) is 80.8 Å². The van der Waals surface area contributed by atoms with Crippen molar-refractivity contribution in [3.8, 4) is 34.1 Å². The van der Waals surface area contributed by atoms with Crippen LogP contribution in [0.1, 0.15) is 57.6 Å². The third-order valence-electron chi connectivity index (χ3n) is 13.9. The second-order valence-corrected chi connectivity index (χ2v) is 20.8. The summed E-state index contributed by atoms with van der Waals surface area (Å²) >= 11 is 6.23. The molecule has 100 heavy (non-hydrogen) atoms. The van der Waals surface area contributed by atoms with Gasteiger partial charge in [0.05, 0.1) is 33.3 Å². The molecule has 0 spiro atoms. The number of aryl methyl sites for hydroxylation is 1. The number of azo groups is 4. The van der Waals surface area contributed by atoms with Gasteiger partial charge in [-0.15, -0.1) is 40.9 Å². The normalized spacial score (nSPS) is 11.1. The number of pyridine rings is 8. The molecule has 0 aliphatic heterocycles. The van der Waals surface area contributed by atoms with E-state index >= 15 is 0 Å². The highest BCUT2D eigenvalue weighted by Crippen LogP contribution is 2.41. The number of aromatic hydroxyl groups is 4. The van der Waals surface area contributed by atoms with E-state index < -0.39 is 52.2 Å². The Bertz CT molecular complexity index is 5530. The maximum atomic E-state index is 11.8. The van der Waals surface area contributed by atoms with Crippen molar-refractivity contribution in [3.05, 3.63) is 244 Å². The summed E-state index contributed by atoms with van der Waals surface area (Å²) in [5.74, 6) is -5.59. The van der Waals surface area contributed by atoms with Crippen LogP contribution in [0.5, 0.6) is 23.0 Å². The molecule has 0 saturated carbocycles. The number of aromatic amines is 1. The van der Waals surface area contributed by atoms with E-state index in [-0.39, 0.29) is 78.3 Å². The van der Waals surface area contributed by atoms with E-state index in [0.29, 0.717) is 56.3 Å². The van der Waals surface area contributed by atoms with Gasteiger partial charge in [0.15, 0.2) is 29.0 Å². The van der Waals surface area contributed by atoms with E-state index in [4.69, 9.17) is 32.0 Å². The molecule has 5 aromatic carbocycles. The molecule has 32 heteroatoms. The molecule has 0 amide bonds. The van der Waals surface area contributed by atoms with Gasteiger partial charge < -0.3 is 50.9 Å². The van der Waals surface area contributed by atoms with Crippen molar-refractivity contribution in [3.63, 3.8) is 0 Å². The van der Waals surface area contributed by atoms with Gasteiger partial charge in [0.25, 0.3) is 5.56 Å². The Morgan fingerprint density at radius 2 is 0.860 bits per heavy atom. The number of rotatable bonds is 14. The van der Waals surface area contributed by atoms with Crippen LogP contribution in [0.4, 0.5) is 46.0 Å². The van der Waals surface area contributed by atoms with Gasteiger partial charge in [-0.05, 0) is 139 Å². The van der Waals surface area contributed by atoms with E-state index in [1.165, 1.54) is 67.0 Å². The number of fused-ring (bicyclic) bond motifs is 4. The zero-order valence-electron chi connectivity index (χ0n) is 51.0. The Morgan fingerprint density at radius 3 is 1.34 bits per heavy atom. The minimum atomic E-state index is -1.50. The summed E-state index contributed by atoms with van der Waals surface area (Å²) in [6, 6.07) is 44.6. The predicted molar refractivity (Wildman–Crippen MR) is 360 cm³/mol. The maximum Gasteiger partial charge on any atom is 0.355 e. The number of aromatic nitrogens is 8. The Kier molecular flexibility index (Phi) is 20.9. The second-order valence-electron chi connectivity index (χ2n) is 20.4. The van der Waals surface area contributed by atoms with Crippen LogP contribution in [0, 0.1) is 6.92 Å². The molecule has 8 heterocycles. The number of carbonyl (C=O) groups is 5. The Labute approximate surface area is 564 Å². The molecule has 0 saturated heterocycles. The molecule has 0 unspecified atom stereocenters. The number of halogens is 1. The van der Waals surface area contributed by atoms with Crippen molar-refractivity contribution < 1.29 is 69.9 Å². The number of aromatic carboxylic acids is 5. The lowest BCUT2D eigenvalue weighted by Crippen LogP contribution is -2.16. The number of hydrogen-bond acceptors (Lipinski definition) is 25. The number of phenols is 4. The molecular formula is C68H45ClN16O15. The second kappa shape index (κ2) is 30.6. The summed E-state index contributed by atoms with van der Waals surface area (Å²) in [5.41, 5.74) is 1.81. The summed E-state index contributed by atoms with van der Waals surface area (Å²) in [7, 11) is 0. The maximum absolute atomic E-state index is 11.8. The third kappa shape index (κ3) is 16.1. The molecule has 10 N–H and O–H groups in total. The molecule has 13 rings (SSSR count). The lowest BCUT2D eigenvalue weighted by Gasteiger charge is -2.10. The van der Waals surface area contributed by atoms with Crippen LogP contribution in [0.3, 0.4) is 0 Å². The van der Waals surface area contributed by atoms with Crippen molar-refractivity contribution in [2.75, 3.05) is 0 Å². The number of carboxylic acids is 5.